The standard InChI is InChI=1S/C22H20N4O3S2.C2H6/c1-13-20(26-31(28)18-7-5-17(29-3)6-8-18)10-16(12-23-13)15-4-9-19-21(11-15)30-22(25-19)24-14(2)27;1-2/h4-12,26H,1-3H3,(H,24,25,27);1-2H3. The average molecular weight is 483 g/mol. The molecule has 9 heteroatoms. The van der Waals surface area contributed by atoms with Crippen molar-refractivity contribution in [1.82, 2.24) is 9.97 Å². The number of fused-ring (bicyclic) bond motifs is 1. The molecule has 2 heterocycles. The average Bonchev–Trinajstić information content (AvgIpc) is 3.22. The van der Waals surface area contributed by atoms with Gasteiger partial charge in [0.25, 0.3) is 0 Å². The van der Waals surface area contributed by atoms with Crippen LogP contribution in [0.5, 0.6) is 5.75 Å². The van der Waals surface area contributed by atoms with Crippen molar-refractivity contribution in [2.45, 2.75) is 32.6 Å². The first-order valence-corrected chi connectivity index (χ1v) is 12.4. The Morgan fingerprint density at radius 3 is 2.45 bits per heavy atom. The third-order valence-electron chi connectivity index (χ3n) is 4.57. The van der Waals surface area contributed by atoms with Crippen LogP contribution in [0.3, 0.4) is 0 Å². The molecule has 1 atom stereocenters. The van der Waals surface area contributed by atoms with Crippen LogP contribution in [-0.4, -0.2) is 27.2 Å². The maximum absolute atomic E-state index is 12.8. The molecule has 0 aliphatic heterocycles. The molecule has 0 radical (unpaired) electrons. The molecular formula is C24H26N4O3S2. The lowest BCUT2D eigenvalue weighted by molar-refractivity contribution is -0.114. The molecule has 2 aromatic heterocycles. The Balaban J connectivity index is 0.00000149. The number of ether oxygens (including phenoxy) is 1. The van der Waals surface area contributed by atoms with Crippen LogP contribution in [0.2, 0.25) is 0 Å². The molecule has 1 unspecified atom stereocenters. The molecule has 0 aliphatic carbocycles. The number of methoxy groups -OCH3 is 1. The summed E-state index contributed by atoms with van der Waals surface area (Å²) in [7, 11) is 0.154. The zero-order chi connectivity index (χ0) is 24.0. The Kier molecular flexibility index (Phi) is 8.13. The highest BCUT2D eigenvalue weighted by Gasteiger charge is 2.11. The predicted molar refractivity (Wildman–Crippen MR) is 136 cm³/mol. The minimum Gasteiger partial charge on any atom is -0.497 e. The molecule has 33 heavy (non-hydrogen) atoms. The molecule has 0 saturated carbocycles. The third kappa shape index (κ3) is 5.94. The van der Waals surface area contributed by atoms with Crippen molar-refractivity contribution in [2.75, 3.05) is 17.1 Å². The monoisotopic (exact) mass is 482 g/mol. The van der Waals surface area contributed by atoms with Gasteiger partial charge in [-0.15, -0.1) is 0 Å². The molecule has 172 valence electrons. The summed E-state index contributed by atoms with van der Waals surface area (Å²) in [5.74, 6) is 0.559. The van der Waals surface area contributed by atoms with Gasteiger partial charge in [-0.1, -0.05) is 31.3 Å². The third-order valence-corrected chi connectivity index (χ3v) is 6.61. The zero-order valence-corrected chi connectivity index (χ0v) is 20.8. The first-order chi connectivity index (χ1) is 15.9. The normalized spacial score (nSPS) is 11.3. The van der Waals surface area contributed by atoms with Gasteiger partial charge in [-0.3, -0.25) is 14.5 Å². The summed E-state index contributed by atoms with van der Waals surface area (Å²) in [6.07, 6.45) is 1.79. The topological polar surface area (TPSA) is 93.2 Å². The number of benzene rings is 2. The second-order valence-electron chi connectivity index (χ2n) is 6.79. The fourth-order valence-corrected chi connectivity index (χ4v) is 4.82. The van der Waals surface area contributed by atoms with Gasteiger partial charge in [0.05, 0.1) is 33.6 Å². The number of nitrogens with zero attached hydrogens (tertiary/aromatic N) is 2. The van der Waals surface area contributed by atoms with Crippen LogP contribution in [0.4, 0.5) is 10.8 Å². The second-order valence-corrected chi connectivity index (χ2v) is 9.03. The van der Waals surface area contributed by atoms with Gasteiger partial charge in [-0.25, -0.2) is 9.19 Å². The van der Waals surface area contributed by atoms with Crippen LogP contribution in [0.25, 0.3) is 21.3 Å². The summed E-state index contributed by atoms with van der Waals surface area (Å²) >= 11 is 1.41. The molecular weight excluding hydrogens is 456 g/mol. The highest BCUT2D eigenvalue weighted by molar-refractivity contribution is 7.86. The minimum absolute atomic E-state index is 0.150. The fourth-order valence-electron chi connectivity index (χ4n) is 2.96. The molecule has 2 aromatic carbocycles. The largest absolute Gasteiger partial charge is 0.497 e. The van der Waals surface area contributed by atoms with E-state index >= 15 is 0 Å². The van der Waals surface area contributed by atoms with E-state index in [1.165, 1.54) is 18.3 Å². The summed E-state index contributed by atoms with van der Waals surface area (Å²) < 4.78 is 21.9. The number of amides is 1. The molecule has 0 spiro atoms. The molecule has 0 saturated heterocycles. The van der Waals surface area contributed by atoms with Gasteiger partial charge in [0.1, 0.15) is 16.7 Å². The Bertz CT molecular complexity index is 1290. The maximum atomic E-state index is 12.8. The molecule has 1 amide bonds. The lowest BCUT2D eigenvalue weighted by Gasteiger charge is -2.11. The number of aromatic nitrogens is 2. The SMILES string of the molecule is CC.COc1ccc(S(=O)Nc2cc(-c3ccc4nc(NC(C)=O)sc4c3)cnc2C)cc1. The van der Waals surface area contributed by atoms with Gasteiger partial charge in [0.2, 0.25) is 5.91 Å². The number of hydrogen-bond acceptors (Lipinski definition) is 6. The van der Waals surface area contributed by atoms with Crippen LogP contribution in [0.15, 0.2) is 59.6 Å². The zero-order valence-electron chi connectivity index (χ0n) is 19.1. The second kappa shape index (κ2) is 11.0. The van der Waals surface area contributed by atoms with E-state index in [1.807, 2.05) is 45.0 Å². The Hall–Kier alpha value is -3.30. The first-order valence-electron chi connectivity index (χ1n) is 10.4. The highest BCUT2D eigenvalue weighted by atomic mass is 32.2. The van der Waals surface area contributed by atoms with Gasteiger partial charge >= 0.3 is 0 Å². The summed E-state index contributed by atoms with van der Waals surface area (Å²) in [5, 5.41) is 3.29. The fraction of sp³-hybridized carbons (Fsp3) is 0.208. The van der Waals surface area contributed by atoms with E-state index in [1.54, 1.807) is 37.6 Å². The Morgan fingerprint density at radius 1 is 1.06 bits per heavy atom. The van der Waals surface area contributed by atoms with Crippen molar-refractivity contribution < 1.29 is 13.7 Å². The van der Waals surface area contributed by atoms with Crippen molar-refractivity contribution >= 4 is 49.3 Å². The number of pyridine rings is 1. The van der Waals surface area contributed by atoms with E-state index in [2.05, 4.69) is 20.0 Å². The summed E-state index contributed by atoms with van der Waals surface area (Å²) in [5.41, 5.74) is 4.09. The van der Waals surface area contributed by atoms with Gasteiger partial charge in [-0.2, -0.15) is 0 Å². The van der Waals surface area contributed by atoms with Gasteiger partial charge in [0, 0.05) is 18.7 Å². The maximum Gasteiger partial charge on any atom is 0.223 e. The molecule has 2 N–H and O–H groups in total. The number of carbonyl (C=O) groups is 1. The van der Waals surface area contributed by atoms with E-state index in [0.717, 1.165) is 27.0 Å². The van der Waals surface area contributed by atoms with Crippen LogP contribution >= 0.6 is 11.3 Å². The number of anilines is 2. The molecule has 0 fully saturated rings. The minimum atomic E-state index is -1.44. The summed E-state index contributed by atoms with van der Waals surface area (Å²) in [4.78, 5) is 20.8. The molecule has 7 nitrogen and oxygen atoms in total. The number of hydrogen-bond donors (Lipinski definition) is 2. The Morgan fingerprint density at radius 2 is 1.79 bits per heavy atom. The van der Waals surface area contributed by atoms with E-state index in [0.29, 0.717) is 21.5 Å². The lowest BCUT2D eigenvalue weighted by Crippen LogP contribution is -2.07. The molecule has 4 aromatic rings. The number of rotatable bonds is 6. The van der Waals surface area contributed by atoms with E-state index in [9.17, 15) is 9.00 Å². The van der Waals surface area contributed by atoms with Crippen molar-refractivity contribution in [3.05, 3.63) is 60.4 Å². The van der Waals surface area contributed by atoms with Crippen molar-refractivity contribution in [2.24, 2.45) is 0 Å². The van der Waals surface area contributed by atoms with Crippen molar-refractivity contribution in [3.63, 3.8) is 0 Å². The smallest absolute Gasteiger partial charge is 0.223 e. The van der Waals surface area contributed by atoms with Crippen LogP contribution in [-0.2, 0) is 15.8 Å². The van der Waals surface area contributed by atoms with Gasteiger partial charge in [0.15, 0.2) is 5.13 Å². The summed E-state index contributed by atoms with van der Waals surface area (Å²) in [6.45, 7) is 7.32. The van der Waals surface area contributed by atoms with Crippen molar-refractivity contribution in [3.8, 4) is 16.9 Å². The van der Waals surface area contributed by atoms with Crippen LogP contribution < -0.4 is 14.8 Å². The molecule has 4 rings (SSSR count). The van der Waals surface area contributed by atoms with Gasteiger partial charge in [-0.05, 0) is 55.0 Å². The Labute approximate surface area is 199 Å². The number of nitrogens with one attached hydrogen (secondary N) is 2. The molecule has 0 aliphatic rings. The predicted octanol–water partition coefficient (Wildman–Crippen LogP) is 5.79. The lowest BCUT2D eigenvalue weighted by atomic mass is 10.1. The van der Waals surface area contributed by atoms with E-state index < -0.39 is 11.0 Å². The van der Waals surface area contributed by atoms with E-state index in [-0.39, 0.29) is 5.91 Å². The van der Waals surface area contributed by atoms with E-state index in [4.69, 9.17) is 4.74 Å². The molecule has 0 bridgehead atoms. The number of aryl methyl sites for hydroxylation is 1. The van der Waals surface area contributed by atoms with Gasteiger partial charge < -0.3 is 10.1 Å². The first kappa shape index (κ1) is 24.3. The van der Waals surface area contributed by atoms with Crippen molar-refractivity contribution in [1.29, 1.82) is 0 Å². The summed E-state index contributed by atoms with van der Waals surface area (Å²) in [6, 6.07) is 14.9. The van der Waals surface area contributed by atoms with Crippen LogP contribution in [0.1, 0.15) is 26.5 Å². The number of thiazole rings is 1. The number of carbonyl (C=O) groups excluding carboxylic acids is 1. The highest BCUT2D eigenvalue weighted by Crippen LogP contribution is 2.32. The van der Waals surface area contributed by atoms with Crippen LogP contribution in [0, 0.1) is 6.92 Å². The quantitative estimate of drug-likeness (QED) is 0.363.